The second-order valence-corrected chi connectivity index (χ2v) is 9.86. The van der Waals surface area contributed by atoms with Gasteiger partial charge in [0.05, 0.1) is 25.8 Å². The number of nitrogens with zero attached hydrogens (tertiary/aromatic N) is 6. The van der Waals surface area contributed by atoms with Crippen LogP contribution in [0.5, 0.6) is 5.75 Å². The van der Waals surface area contributed by atoms with E-state index in [2.05, 4.69) is 55.4 Å². The molecule has 0 unspecified atom stereocenters. The van der Waals surface area contributed by atoms with E-state index < -0.39 is 0 Å². The molecule has 1 fully saturated rings. The molecule has 10 nitrogen and oxygen atoms in total. The molecule has 200 valence electrons. The number of nitrogens with one attached hydrogen (secondary N) is 1. The summed E-state index contributed by atoms with van der Waals surface area (Å²) in [6, 6.07) is 14.0. The molecule has 10 heteroatoms. The molecule has 1 aliphatic rings. The van der Waals surface area contributed by atoms with Gasteiger partial charge >= 0.3 is 0 Å². The van der Waals surface area contributed by atoms with Crippen molar-refractivity contribution in [3.05, 3.63) is 80.9 Å². The molecule has 0 saturated carbocycles. The van der Waals surface area contributed by atoms with Crippen LogP contribution in [0.15, 0.2) is 47.3 Å². The van der Waals surface area contributed by atoms with Crippen molar-refractivity contribution in [2.24, 2.45) is 0 Å². The molecule has 2 aromatic heterocycles. The Labute approximate surface area is 222 Å². The number of fused-ring (bicyclic) bond motifs is 1. The van der Waals surface area contributed by atoms with Gasteiger partial charge in [-0.2, -0.15) is 0 Å². The number of benzene rings is 2. The summed E-state index contributed by atoms with van der Waals surface area (Å²) < 4.78 is 12.4. The SMILES string of the molecule is COCCn1nnnc1[C@H](c1cc2c(C)ccc(C)c2[nH]c1=O)N1CCN(Cc2cccc(OC)c2)CC1. The van der Waals surface area contributed by atoms with Crippen molar-refractivity contribution in [2.45, 2.75) is 33.0 Å². The van der Waals surface area contributed by atoms with E-state index in [-0.39, 0.29) is 11.6 Å². The van der Waals surface area contributed by atoms with Crippen LogP contribution in [-0.4, -0.2) is 82.0 Å². The number of aromatic amines is 1. The average molecular weight is 518 g/mol. The van der Waals surface area contributed by atoms with Crippen molar-refractivity contribution in [3.63, 3.8) is 0 Å². The van der Waals surface area contributed by atoms with E-state index in [0.717, 1.165) is 60.5 Å². The number of rotatable bonds is 9. The minimum absolute atomic E-state index is 0.115. The van der Waals surface area contributed by atoms with E-state index in [9.17, 15) is 4.79 Å². The Hall–Kier alpha value is -3.60. The molecule has 0 aliphatic carbocycles. The topological polar surface area (TPSA) is 101 Å². The van der Waals surface area contributed by atoms with E-state index in [4.69, 9.17) is 9.47 Å². The Morgan fingerprint density at radius 3 is 2.58 bits per heavy atom. The monoisotopic (exact) mass is 517 g/mol. The number of pyridine rings is 1. The fourth-order valence-electron chi connectivity index (χ4n) is 5.25. The summed E-state index contributed by atoms with van der Waals surface area (Å²) in [6.45, 7) is 9.18. The Morgan fingerprint density at radius 1 is 1.03 bits per heavy atom. The number of hydrogen-bond acceptors (Lipinski definition) is 8. The molecular weight excluding hydrogens is 482 g/mol. The molecule has 0 amide bonds. The Bertz CT molecular complexity index is 1460. The van der Waals surface area contributed by atoms with Gasteiger partial charge in [0.1, 0.15) is 11.8 Å². The summed E-state index contributed by atoms with van der Waals surface area (Å²) in [7, 11) is 3.35. The number of ether oxygens (including phenoxy) is 2. The maximum absolute atomic E-state index is 13.6. The number of H-pyrrole nitrogens is 1. The van der Waals surface area contributed by atoms with Crippen LogP contribution >= 0.6 is 0 Å². The lowest BCUT2D eigenvalue weighted by Gasteiger charge is -2.38. The van der Waals surface area contributed by atoms with Crippen LogP contribution in [0.3, 0.4) is 0 Å². The second kappa shape index (κ2) is 11.4. The van der Waals surface area contributed by atoms with Gasteiger partial charge in [-0.05, 0) is 59.2 Å². The molecule has 1 N–H and O–H groups in total. The van der Waals surface area contributed by atoms with Crippen LogP contribution in [0.1, 0.15) is 34.1 Å². The van der Waals surface area contributed by atoms with Crippen LogP contribution < -0.4 is 10.3 Å². The molecule has 1 aliphatic heterocycles. The van der Waals surface area contributed by atoms with E-state index in [1.54, 1.807) is 18.9 Å². The standard InChI is InChI=1S/C28H35N7O3/c1-19-8-9-20(2)25-23(19)17-24(28(36)29-25)26(27-30-31-32-35(27)14-15-37-3)34-12-10-33(11-13-34)18-21-6-5-7-22(16-21)38-4/h5-9,16-17,26H,10-15,18H2,1-4H3,(H,29,36)/t26-/m0/s1. The van der Waals surface area contributed by atoms with Crippen molar-refractivity contribution < 1.29 is 9.47 Å². The van der Waals surface area contributed by atoms with Crippen molar-refractivity contribution in [1.82, 2.24) is 35.0 Å². The van der Waals surface area contributed by atoms with Gasteiger partial charge in [-0.3, -0.25) is 14.6 Å². The highest BCUT2D eigenvalue weighted by molar-refractivity contribution is 5.85. The number of hydrogen-bond donors (Lipinski definition) is 1. The molecule has 1 saturated heterocycles. The fraction of sp³-hybridized carbons (Fsp3) is 0.429. The van der Waals surface area contributed by atoms with E-state index in [0.29, 0.717) is 24.5 Å². The zero-order chi connectivity index (χ0) is 26.6. The zero-order valence-electron chi connectivity index (χ0n) is 22.5. The van der Waals surface area contributed by atoms with Gasteiger partial charge in [-0.1, -0.05) is 24.3 Å². The predicted octanol–water partition coefficient (Wildman–Crippen LogP) is 2.69. The van der Waals surface area contributed by atoms with Gasteiger partial charge in [0, 0.05) is 50.8 Å². The molecule has 1 atom stereocenters. The van der Waals surface area contributed by atoms with Crippen molar-refractivity contribution in [1.29, 1.82) is 0 Å². The Kier molecular flexibility index (Phi) is 7.82. The number of methoxy groups -OCH3 is 2. The molecule has 0 bridgehead atoms. The third-order valence-corrected chi connectivity index (χ3v) is 7.39. The summed E-state index contributed by atoms with van der Waals surface area (Å²) in [5.41, 5.74) is 4.79. The van der Waals surface area contributed by atoms with Crippen LogP contribution in [-0.2, 0) is 17.8 Å². The van der Waals surface area contributed by atoms with Crippen molar-refractivity contribution >= 4 is 10.9 Å². The van der Waals surface area contributed by atoms with Gasteiger partial charge in [-0.15, -0.1) is 5.10 Å². The van der Waals surface area contributed by atoms with Gasteiger partial charge < -0.3 is 14.5 Å². The zero-order valence-corrected chi connectivity index (χ0v) is 22.5. The lowest BCUT2D eigenvalue weighted by molar-refractivity contribution is 0.0984. The van der Waals surface area contributed by atoms with E-state index in [1.165, 1.54) is 5.56 Å². The number of tetrazole rings is 1. The molecule has 5 rings (SSSR count). The maximum Gasteiger partial charge on any atom is 0.253 e. The maximum atomic E-state index is 13.6. The minimum Gasteiger partial charge on any atom is -0.497 e. The normalized spacial score (nSPS) is 15.7. The first-order valence-electron chi connectivity index (χ1n) is 13.0. The Balaban J connectivity index is 1.47. The summed E-state index contributed by atoms with van der Waals surface area (Å²) in [4.78, 5) is 21.5. The Morgan fingerprint density at radius 2 is 1.82 bits per heavy atom. The summed E-state index contributed by atoms with van der Waals surface area (Å²) in [6.07, 6.45) is 0. The van der Waals surface area contributed by atoms with Gasteiger partial charge in [-0.25, -0.2) is 4.68 Å². The average Bonchev–Trinajstić information content (AvgIpc) is 3.39. The first kappa shape index (κ1) is 26.0. The summed E-state index contributed by atoms with van der Waals surface area (Å²) >= 11 is 0. The van der Waals surface area contributed by atoms with E-state index in [1.807, 2.05) is 31.2 Å². The smallest absolute Gasteiger partial charge is 0.253 e. The lowest BCUT2D eigenvalue weighted by atomic mass is 9.99. The molecule has 38 heavy (non-hydrogen) atoms. The van der Waals surface area contributed by atoms with Gasteiger partial charge in [0.25, 0.3) is 5.56 Å². The number of aryl methyl sites for hydroxylation is 2. The molecule has 0 spiro atoms. The van der Waals surface area contributed by atoms with Gasteiger partial charge in [0.2, 0.25) is 0 Å². The summed E-state index contributed by atoms with van der Waals surface area (Å²) in [5.74, 6) is 1.52. The minimum atomic E-state index is -0.381. The third kappa shape index (κ3) is 5.33. The van der Waals surface area contributed by atoms with Crippen LogP contribution in [0.25, 0.3) is 10.9 Å². The first-order valence-corrected chi connectivity index (χ1v) is 13.0. The van der Waals surface area contributed by atoms with Gasteiger partial charge in [0.15, 0.2) is 5.82 Å². The van der Waals surface area contributed by atoms with Crippen LogP contribution in [0.4, 0.5) is 0 Å². The van der Waals surface area contributed by atoms with Crippen molar-refractivity contribution in [3.8, 4) is 5.75 Å². The number of piperazine rings is 1. The van der Waals surface area contributed by atoms with Crippen LogP contribution in [0.2, 0.25) is 0 Å². The highest BCUT2D eigenvalue weighted by Crippen LogP contribution is 2.29. The molecule has 3 heterocycles. The first-order chi connectivity index (χ1) is 18.5. The quantitative estimate of drug-likeness (QED) is 0.362. The molecule has 0 radical (unpaired) electrons. The fourth-order valence-corrected chi connectivity index (χ4v) is 5.25. The number of aromatic nitrogens is 5. The molecule has 2 aromatic carbocycles. The van der Waals surface area contributed by atoms with Crippen molar-refractivity contribution in [2.75, 3.05) is 47.0 Å². The lowest BCUT2D eigenvalue weighted by Crippen LogP contribution is -2.48. The van der Waals surface area contributed by atoms with E-state index >= 15 is 0 Å². The highest BCUT2D eigenvalue weighted by Gasteiger charge is 2.33. The molecule has 4 aromatic rings. The highest BCUT2D eigenvalue weighted by atomic mass is 16.5. The summed E-state index contributed by atoms with van der Waals surface area (Å²) in [5, 5.41) is 13.6. The van der Waals surface area contributed by atoms with Crippen LogP contribution in [0, 0.1) is 13.8 Å². The molecular formula is C28H35N7O3. The second-order valence-electron chi connectivity index (χ2n) is 9.86. The predicted molar refractivity (Wildman–Crippen MR) is 145 cm³/mol. The third-order valence-electron chi connectivity index (χ3n) is 7.39. The largest absolute Gasteiger partial charge is 0.497 e.